The molecule has 0 unspecified atom stereocenters. The fourth-order valence-corrected chi connectivity index (χ4v) is 1.61. The molecule has 0 saturated carbocycles. The molecule has 4 heteroatoms. The molecule has 0 spiro atoms. The van der Waals surface area contributed by atoms with E-state index in [0.717, 1.165) is 16.9 Å². The lowest BCUT2D eigenvalue weighted by Gasteiger charge is -2.06. The second-order valence-electron chi connectivity index (χ2n) is 3.94. The van der Waals surface area contributed by atoms with Crippen LogP contribution in [0.25, 0.3) is 0 Å². The summed E-state index contributed by atoms with van der Waals surface area (Å²) in [6, 6.07) is 13.2. The Balaban J connectivity index is 1.92. The van der Waals surface area contributed by atoms with Crippen LogP contribution in [0.5, 0.6) is 0 Å². The molecule has 0 aliphatic rings. The number of hydrogen-bond donors (Lipinski definition) is 2. The van der Waals surface area contributed by atoms with Crippen LogP contribution in [0.2, 0.25) is 0 Å². The van der Waals surface area contributed by atoms with E-state index in [2.05, 4.69) is 10.3 Å². The van der Waals surface area contributed by atoms with Gasteiger partial charge in [-0.2, -0.15) is 0 Å². The van der Waals surface area contributed by atoms with Crippen LogP contribution in [0.4, 0.5) is 5.69 Å². The van der Waals surface area contributed by atoms with Gasteiger partial charge in [-0.05, 0) is 29.8 Å². The third-order valence-electron chi connectivity index (χ3n) is 2.51. The Morgan fingerprint density at radius 2 is 1.94 bits per heavy atom. The van der Waals surface area contributed by atoms with Crippen molar-refractivity contribution in [3.63, 3.8) is 0 Å². The van der Waals surface area contributed by atoms with E-state index < -0.39 is 5.97 Å². The third kappa shape index (κ3) is 3.59. The lowest BCUT2D eigenvalue weighted by Crippen LogP contribution is -2.02. The van der Waals surface area contributed by atoms with Crippen LogP contribution in [0, 0.1) is 0 Å². The van der Waals surface area contributed by atoms with Gasteiger partial charge in [0.15, 0.2) is 0 Å². The zero-order valence-corrected chi connectivity index (χ0v) is 9.84. The zero-order valence-electron chi connectivity index (χ0n) is 9.84. The Labute approximate surface area is 105 Å². The summed E-state index contributed by atoms with van der Waals surface area (Å²) in [7, 11) is 0. The average Bonchev–Trinajstić information content (AvgIpc) is 2.38. The summed E-state index contributed by atoms with van der Waals surface area (Å²) >= 11 is 0. The van der Waals surface area contributed by atoms with E-state index in [0.29, 0.717) is 6.54 Å². The summed E-state index contributed by atoms with van der Waals surface area (Å²) in [5.74, 6) is -0.816. The van der Waals surface area contributed by atoms with E-state index in [4.69, 9.17) is 5.11 Å². The number of carbonyl (C=O) groups is 1. The summed E-state index contributed by atoms with van der Waals surface area (Å²) in [6.45, 7) is 0.652. The summed E-state index contributed by atoms with van der Waals surface area (Å²) < 4.78 is 0. The largest absolute Gasteiger partial charge is 0.481 e. The van der Waals surface area contributed by atoms with Gasteiger partial charge in [0.2, 0.25) is 0 Å². The molecule has 0 bridgehead atoms. The molecule has 0 radical (unpaired) electrons. The van der Waals surface area contributed by atoms with E-state index in [-0.39, 0.29) is 6.42 Å². The molecule has 92 valence electrons. The first kappa shape index (κ1) is 12.1. The second-order valence-corrected chi connectivity index (χ2v) is 3.94. The molecular weight excluding hydrogens is 228 g/mol. The van der Waals surface area contributed by atoms with Crippen molar-refractivity contribution in [2.75, 3.05) is 5.32 Å². The van der Waals surface area contributed by atoms with Gasteiger partial charge in [0.1, 0.15) is 0 Å². The highest BCUT2D eigenvalue weighted by atomic mass is 16.4. The van der Waals surface area contributed by atoms with Gasteiger partial charge >= 0.3 is 5.97 Å². The highest BCUT2D eigenvalue weighted by Crippen LogP contribution is 2.11. The minimum atomic E-state index is -0.816. The predicted molar refractivity (Wildman–Crippen MR) is 69.3 cm³/mol. The fourth-order valence-electron chi connectivity index (χ4n) is 1.61. The fraction of sp³-hybridized carbons (Fsp3) is 0.143. The van der Waals surface area contributed by atoms with Crippen molar-refractivity contribution in [3.8, 4) is 0 Å². The molecule has 2 aromatic rings. The number of carboxylic acids is 1. The van der Waals surface area contributed by atoms with Crippen molar-refractivity contribution in [2.45, 2.75) is 13.0 Å². The Hall–Kier alpha value is -2.36. The van der Waals surface area contributed by atoms with Crippen molar-refractivity contribution < 1.29 is 9.90 Å². The van der Waals surface area contributed by atoms with Gasteiger partial charge in [-0.3, -0.25) is 9.78 Å². The first-order chi connectivity index (χ1) is 8.74. The molecule has 18 heavy (non-hydrogen) atoms. The van der Waals surface area contributed by atoms with E-state index >= 15 is 0 Å². The maximum Gasteiger partial charge on any atom is 0.307 e. The number of aromatic nitrogens is 1. The summed E-state index contributed by atoms with van der Waals surface area (Å²) in [6.07, 6.45) is 1.81. The van der Waals surface area contributed by atoms with E-state index in [1.54, 1.807) is 6.20 Å². The van der Waals surface area contributed by atoms with E-state index in [1.807, 2.05) is 42.5 Å². The first-order valence-electron chi connectivity index (χ1n) is 5.68. The van der Waals surface area contributed by atoms with Crippen LogP contribution in [0.15, 0.2) is 48.7 Å². The van der Waals surface area contributed by atoms with Crippen LogP contribution in [-0.2, 0) is 17.8 Å². The Bertz CT molecular complexity index is 509. The van der Waals surface area contributed by atoms with Gasteiger partial charge in [-0.1, -0.05) is 18.2 Å². The number of nitrogens with one attached hydrogen (secondary N) is 1. The topological polar surface area (TPSA) is 62.2 Å². The maximum atomic E-state index is 10.5. The van der Waals surface area contributed by atoms with Crippen LogP contribution in [0.1, 0.15) is 11.3 Å². The lowest BCUT2D eigenvalue weighted by molar-refractivity contribution is -0.136. The quantitative estimate of drug-likeness (QED) is 0.844. The van der Waals surface area contributed by atoms with Crippen molar-refractivity contribution in [2.24, 2.45) is 0 Å². The third-order valence-corrected chi connectivity index (χ3v) is 2.51. The second kappa shape index (κ2) is 5.82. The number of rotatable bonds is 5. The molecule has 2 rings (SSSR count). The Morgan fingerprint density at radius 1 is 1.17 bits per heavy atom. The van der Waals surface area contributed by atoms with Gasteiger partial charge in [0, 0.05) is 11.9 Å². The molecule has 1 heterocycles. The Kier molecular flexibility index (Phi) is 3.91. The standard InChI is InChI=1S/C14H14N2O2/c17-14(18)9-11-4-6-12(7-5-11)16-10-13-3-1-2-8-15-13/h1-8,16H,9-10H2,(H,17,18). The minimum absolute atomic E-state index is 0.0561. The van der Waals surface area contributed by atoms with Gasteiger partial charge in [-0.25, -0.2) is 0 Å². The van der Waals surface area contributed by atoms with Crippen LogP contribution in [-0.4, -0.2) is 16.1 Å². The molecule has 2 N–H and O–H groups in total. The SMILES string of the molecule is O=C(O)Cc1ccc(NCc2ccccn2)cc1. The van der Waals surface area contributed by atoms with Crippen molar-refractivity contribution in [1.29, 1.82) is 0 Å². The molecule has 0 aliphatic carbocycles. The number of pyridine rings is 1. The number of nitrogens with zero attached hydrogens (tertiary/aromatic N) is 1. The van der Waals surface area contributed by atoms with Gasteiger partial charge in [0.25, 0.3) is 0 Å². The van der Waals surface area contributed by atoms with Crippen LogP contribution < -0.4 is 5.32 Å². The van der Waals surface area contributed by atoms with Gasteiger partial charge < -0.3 is 10.4 Å². The molecule has 0 atom stereocenters. The molecule has 4 nitrogen and oxygen atoms in total. The number of hydrogen-bond acceptors (Lipinski definition) is 3. The molecule has 0 saturated heterocycles. The molecule has 1 aromatic heterocycles. The normalized spacial score (nSPS) is 10.0. The summed E-state index contributed by atoms with van der Waals surface area (Å²) in [5.41, 5.74) is 2.72. The average molecular weight is 242 g/mol. The molecule has 0 fully saturated rings. The van der Waals surface area contributed by atoms with Crippen LogP contribution >= 0.6 is 0 Å². The highest BCUT2D eigenvalue weighted by Gasteiger charge is 2.00. The molecule has 0 aliphatic heterocycles. The number of aliphatic carboxylic acids is 1. The summed E-state index contributed by atoms with van der Waals surface area (Å²) in [5, 5.41) is 11.9. The molecule has 1 aromatic carbocycles. The monoisotopic (exact) mass is 242 g/mol. The van der Waals surface area contributed by atoms with Crippen molar-refractivity contribution >= 4 is 11.7 Å². The lowest BCUT2D eigenvalue weighted by atomic mass is 10.1. The predicted octanol–water partition coefficient (Wildman–Crippen LogP) is 2.32. The number of benzene rings is 1. The first-order valence-corrected chi connectivity index (χ1v) is 5.68. The van der Waals surface area contributed by atoms with Crippen LogP contribution in [0.3, 0.4) is 0 Å². The summed E-state index contributed by atoms with van der Waals surface area (Å²) in [4.78, 5) is 14.8. The number of carboxylic acid groups (broad SMARTS) is 1. The van der Waals surface area contributed by atoms with Crippen molar-refractivity contribution in [1.82, 2.24) is 4.98 Å². The molecular formula is C14H14N2O2. The molecule has 0 amide bonds. The Morgan fingerprint density at radius 3 is 2.56 bits per heavy atom. The highest BCUT2D eigenvalue weighted by molar-refractivity contribution is 5.70. The van der Waals surface area contributed by atoms with E-state index in [1.165, 1.54) is 0 Å². The van der Waals surface area contributed by atoms with Crippen molar-refractivity contribution in [3.05, 3.63) is 59.9 Å². The smallest absolute Gasteiger partial charge is 0.307 e. The zero-order chi connectivity index (χ0) is 12.8. The maximum absolute atomic E-state index is 10.5. The van der Waals surface area contributed by atoms with E-state index in [9.17, 15) is 4.79 Å². The number of anilines is 1. The van der Waals surface area contributed by atoms with Gasteiger partial charge in [0.05, 0.1) is 18.7 Å². The van der Waals surface area contributed by atoms with Gasteiger partial charge in [-0.15, -0.1) is 0 Å². The minimum Gasteiger partial charge on any atom is -0.481 e.